The number of rotatable bonds is 7. The number of hydrogen-bond acceptors (Lipinski definition) is 2. The molecule has 2 heteroatoms. The van der Waals surface area contributed by atoms with E-state index in [0.29, 0.717) is 0 Å². The molecular weight excluding hydrogens is 671 g/mol. The van der Waals surface area contributed by atoms with Crippen LogP contribution in [0.2, 0.25) is 0 Å². The lowest BCUT2D eigenvalue weighted by Crippen LogP contribution is -2.11. The standard InChI is InChI=1S/C52H35NS/c1-4-14-36(15-5-1)37-24-26-38(27-25-37)39-28-30-42(31-29-39)53(50-23-13-12-20-44(50)40-16-6-2-7-17-40)43-32-33-46-49-35-48(41-18-8-3-9-19-41)45-21-10-11-22-47(45)52(49)54-51(46)34-43/h1-35H. The highest BCUT2D eigenvalue weighted by Crippen LogP contribution is 2.46. The fourth-order valence-electron chi connectivity index (χ4n) is 7.83. The molecule has 0 atom stereocenters. The lowest BCUT2D eigenvalue weighted by atomic mass is 9.95. The first-order valence-electron chi connectivity index (χ1n) is 18.4. The van der Waals surface area contributed by atoms with Crippen LogP contribution in [0.4, 0.5) is 17.1 Å². The van der Waals surface area contributed by atoms with E-state index in [4.69, 9.17) is 0 Å². The van der Waals surface area contributed by atoms with Gasteiger partial charge in [-0.3, -0.25) is 0 Å². The number of para-hydroxylation sites is 1. The molecule has 0 aliphatic heterocycles. The van der Waals surface area contributed by atoms with Crippen LogP contribution in [0, 0.1) is 0 Å². The summed E-state index contributed by atoms with van der Waals surface area (Å²) in [5.74, 6) is 0. The normalized spacial score (nSPS) is 11.3. The molecule has 0 saturated heterocycles. The van der Waals surface area contributed by atoms with Crippen LogP contribution < -0.4 is 4.90 Å². The van der Waals surface area contributed by atoms with Gasteiger partial charge >= 0.3 is 0 Å². The van der Waals surface area contributed by atoms with Gasteiger partial charge in [-0.25, -0.2) is 0 Å². The summed E-state index contributed by atoms with van der Waals surface area (Å²) in [6, 6.07) is 77.0. The molecule has 9 aromatic carbocycles. The second-order valence-electron chi connectivity index (χ2n) is 13.7. The zero-order valence-corrected chi connectivity index (χ0v) is 30.4. The summed E-state index contributed by atoms with van der Waals surface area (Å²) in [4.78, 5) is 2.42. The summed E-state index contributed by atoms with van der Waals surface area (Å²) in [5.41, 5.74) is 13.1. The van der Waals surface area contributed by atoms with Crippen molar-refractivity contribution in [1.29, 1.82) is 0 Å². The van der Waals surface area contributed by atoms with Crippen molar-refractivity contribution in [1.82, 2.24) is 0 Å². The Labute approximate surface area is 319 Å². The summed E-state index contributed by atoms with van der Waals surface area (Å²) in [5, 5.41) is 5.18. The van der Waals surface area contributed by atoms with Crippen LogP contribution in [0.15, 0.2) is 212 Å². The van der Waals surface area contributed by atoms with Crippen LogP contribution in [0.5, 0.6) is 0 Å². The van der Waals surface area contributed by atoms with E-state index < -0.39 is 0 Å². The molecule has 0 fully saturated rings. The molecular formula is C52H35NS. The molecule has 1 heterocycles. The zero-order chi connectivity index (χ0) is 35.8. The molecule has 54 heavy (non-hydrogen) atoms. The summed E-state index contributed by atoms with van der Waals surface area (Å²) >= 11 is 1.89. The van der Waals surface area contributed by atoms with Crippen LogP contribution in [0.25, 0.3) is 75.5 Å². The smallest absolute Gasteiger partial charge is 0.0540 e. The summed E-state index contributed by atoms with van der Waals surface area (Å²) in [6.45, 7) is 0. The minimum Gasteiger partial charge on any atom is -0.310 e. The van der Waals surface area contributed by atoms with Gasteiger partial charge in [0, 0.05) is 42.5 Å². The van der Waals surface area contributed by atoms with E-state index in [0.717, 1.165) is 17.1 Å². The number of thiophene rings is 1. The molecule has 0 amide bonds. The molecule has 254 valence electrons. The van der Waals surface area contributed by atoms with Crippen LogP contribution in [0.3, 0.4) is 0 Å². The lowest BCUT2D eigenvalue weighted by Gasteiger charge is -2.28. The van der Waals surface area contributed by atoms with Crippen LogP contribution in [0.1, 0.15) is 0 Å². The second kappa shape index (κ2) is 13.7. The van der Waals surface area contributed by atoms with Crippen LogP contribution in [-0.2, 0) is 0 Å². The monoisotopic (exact) mass is 705 g/mol. The Kier molecular flexibility index (Phi) is 8.09. The van der Waals surface area contributed by atoms with Crippen molar-refractivity contribution in [3.05, 3.63) is 212 Å². The Balaban J connectivity index is 1.11. The molecule has 0 N–H and O–H groups in total. The maximum absolute atomic E-state index is 2.42. The van der Waals surface area contributed by atoms with E-state index in [2.05, 4.69) is 217 Å². The number of fused-ring (bicyclic) bond motifs is 5. The summed E-state index contributed by atoms with van der Waals surface area (Å²) < 4.78 is 2.60. The molecule has 1 aromatic heterocycles. The van der Waals surface area contributed by atoms with Gasteiger partial charge < -0.3 is 4.90 Å². The van der Waals surface area contributed by atoms with Crippen molar-refractivity contribution in [2.45, 2.75) is 0 Å². The number of nitrogens with zero attached hydrogens (tertiary/aromatic N) is 1. The molecule has 0 radical (unpaired) electrons. The van der Waals surface area contributed by atoms with Gasteiger partial charge in [-0.1, -0.05) is 176 Å². The molecule has 1 nitrogen and oxygen atoms in total. The highest BCUT2D eigenvalue weighted by molar-refractivity contribution is 7.26. The van der Waals surface area contributed by atoms with Crippen molar-refractivity contribution in [3.8, 4) is 44.5 Å². The number of anilines is 3. The van der Waals surface area contributed by atoms with E-state index in [1.165, 1.54) is 75.5 Å². The van der Waals surface area contributed by atoms with Crippen molar-refractivity contribution >= 4 is 59.3 Å². The molecule has 10 aromatic rings. The Morgan fingerprint density at radius 1 is 0.296 bits per heavy atom. The predicted octanol–water partition coefficient (Wildman–Crippen LogP) is 15.3. The predicted molar refractivity (Wildman–Crippen MR) is 233 cm³/mol. The minimum atomic E-state index is 1.11. The van der Waals surface area contributed by atoms with Gasteiger partial charge in [-0.05, 0) is 80.7 Å². The van der Waals surface area contributed by atoms with Gasteiger partial charge in [0.1, 0.15) is 0 Å². The SMILES string of the molecule is c1ccc(-c2ccc(-c3ccc(N(c4ccc5c(c4)sc4c6ccccc6c(-c6ccccc6)cc54)c4ccccc4-c4ccccc4)cc3)cc2)cc1. The highest BCUT2D eigenvalue weighted by Gasteiger charge is 2.20. The van der Waals surface area contributed by atoms with E-state index in [9.17, 15) is 0 Å². The zero-order valence-electron chi connectivity index (χ0n) is 29.6. The third kappa shape index (κ3) is 5.74. The van der Waals surface area contributed by atoms with Crippen molar-refractivity contribution < 1.29 is 0 Å². The number of benzene rings is 9. The fourth-order valence-corrected chi connectivity index (χ4v) is 9.08. The van der Waals surface area contributed by atoms with Crippen LogP contribution >= 0.6 is 11.3 Å². The van der Waals surface area contributed by atoms with Gasteiger partial charge in [-0.2, -0.15) is 0 Å². The van der Waals surface area contributed by atoms with E-state index in [-0.39, 0.29) is 0 Å². The van der Waals surface area contributed by atoms with Crippen molar-refractivity contribution in [3.63, 3.8) is 0 Å². The quantitative estimate of drug-likeness (QED) is 0.160. The third-order valence-corrected chi connectivity index (χ3v) is 11.7. The molecule has 0 aliphatic rings. The highest BCUT2D eigenvalue weighted by atomic mass is 32.1. The van der Waals surface area contributed by atoms with E-state index in [1.807, 2.05) is 11.3 Å². The molecule has 0 bridgehead atoms. The van der Waals surface area contributed by atoms with Gasteiger partial charge in [0.2, 0.25) is 0 Å². The maximum atomic E-state index is 2.42. The van der Waals surface area contributed by atoms with E-state index in [1.54, 1.807) is 0 Å². The van der Waals surface area contributed by atoms with Gasteiger partial charge in [0.25, 0.3) is 0 Å². The summed E-state index contributed by atoms with van der Waals surface area (Å²) in [7, 11) is 0. The van der Waals surface area contributed by atoms with Crippen LogP contribution in [-0.4, -0.2) is 0 Å². The van der Waals surface area contributed by atoms with Crippen molar-refractivity contribution in [2.24, 2.45) is 0 Å². The maximum Gasteiger partial charge on any atom is 0.0540 e. The third-order valence-electron chi connectivity index (χ3n) is 10.5. The van der Waals surface area contributed by atoms with Gasteiger partial charge in [0.15, 0.2) is 0 Å². The Morgan fingerprint density at radius 2 is 0.778 bits per heavy atom. The molecule has 10 rings (SSSR count). The largest absolute Gasteiger partial charge is 0.310 e. The molecule has 0 saturated carbocycles. The Morgan fingerprint density at radius 3 is 1.43 bits per heavy atom. The first-order valence-corrected chi connectivity index (χ1v) is 19.2. The Hall–Kier alpha value is -6.74. The molecule has 0 unspecified atom stereocenters. The second-order valence-corrected chi connectivity index (χ2v) is 14.8. The molecule has 0 spiro atoms. The fraction of sp³-hybridized carbons (Fsp3) is 0. The van der Waals surface area contributed by atoms with Gasteiger partial charge in [0.05, 0.1) is 5.69 Å². The average Bonchev–Trinajstić information content (AvgIpc) is 3.63. The Bertz CT molecular complexity index is 2890. The average molecular weight is 706 g/mol. The van der Waals surface area contributed by atoms with Crippen molar-refractivity contribution in [2.75, 3.05) is 4.90 Å². The number of hydrogen-bond donors (Lipinski definition) is 0. The molecule has 0 aliphatic carbocycles. The first kappa shape index (κ1) is 32.0. The minimum absolute atomic E-state index is 1.11. The van der Waals surface area contributed by atoms with E-state index >= 15 is 0 Å². The first-order chi connectivity index (χ1) is 26.8. The topological polar surface area (TPSA) is 3.24 Å². The van der Waals surface area contributed by atoms with Gasteiger partial charge in [-0.15, -0.1) is 11.3 Å². The lowest BCUT2D eigenvalue weighted by molar-refractivity contribution is 1.29. The summed E-state index contributed by atoms with van der Waals surface area (Å²) in [6.07, 6.45) is 0.